The van der Waals surface area contributed by atoms with Crippen molar-refractivity contribution < 1.29 is 14.3 Å². The van der Waals surface area contributed by atoms with Gasteiger partial charge in [0.1, 0.15) is 6.10 Å². The van der Waals surface area contributed by atoms with Gasteiger partial charge in [-0.25, -0.2) is 0 Å². The largest absolute Gasteiger partial charge is 0.354 e. The summed E-state index contributed by atoms with van der Waals surface area (Å²) < 4.78 is 10.8. The molecule has 0 bridgehead atoms. The standard InChI is InChI=1S/C8H15NO3/c1-6(10)9-4-7-5-11-8(2,3)12-7/h7H,4-5H2,1-3H3,(H,9,10)/t7-/m0/s1. The first-order valence-corrected chi connectivity index (χ1v) is 4.06. The maximum Gasteiger partial charge on any atom is 0.216 e. The molecule has 1 aliphatic heterocycles. The second-order valence-electron chi connectivity index (χ2n) is 3.39. The number of carbonyl (C=O) groups is 1. The van der Waals surface area contributed by atoms with Crippen LogP contribution in [0.5, 0.6) is 0 Å². The van der Waals surface area contributed by atoms with E-state index in [0.29, 0.717) is 13.2 Å². The second kappa shape index (κ2) is 3.41. The van der Waals surface area contributed by atoms with Gasteiger partial charge in [0.15, 0.2) is 5.79 Å². The van der Waals surface area contributed by atoms with Gasteiger partial charge in [0, 0.05) is 13.5 Å². The second-order valence-corrected chi connectivity index (χ2v) is 3.39. The third kappa shape index (κ3) is 2.79. The van der Waals surface area contributed by atoms with Crippen LogP contribution in [0.25, 0.3) is 0 Å². The van der Waals surface area contributed by atoms with Crippen molar-refractivity contribution in [2.75, 3.05) is 13.2 Å². The number of nitrogens with one attached hydrogen (secondary N) is 1. The highest BCUT2D eigenvalue weighted by Gasteiger charge is 2.32. The predicted molar refractivity (Wildman–Crippen MR) is 43.6 cm³/mol. The fraction of sp³-hybridized carbons (Fsp3) is 0.875. The zero-order valence-corrected chi connectivity index (χ0v) is 7.72. The Bertz CT molecular complexity index is 179. The van der Waals surface area contributed by atoms with Crippen molar-refractivity contribution in [2.24, 2.45) is 0 Å². The molecule has 1 heterocycles. The van der Waals surface area contributed by atoms with Crippen LogP contribution in [0.2, 0.25) is 0 Å². The Hall–Kier alpha value is -0.610. The molecule has 1 amide bonds. The van der Waals surface area contributed by atoms with E-state index in [4.69, 9.17) is 9.47 Å². The molecule has 12 heavy (non-hydrogen) atoms. The van der Waals surface area contributed by atoms with Crippen LogP contribution in [0.3, 0.4) is 0 Å². The summed E-state index contributed by atoms with van der Waals surface area (Å²) in [5.74, 6) is -0.535. The molecule has 0 aliphatic carbocycles. The van der Waals surface area contributed by atoms with E-state index in [1.807, 2.05) is 13.8 Å². The molecule has 0 spiro atoms. The Morgan fingerprint density at radius 2 is 2.33 bits per heavy atom. The van der Waals surface area contributed by atoms with Crippen molar-refractivity contribution in [1.82, 2.24) is 5.32 Å². The molecule has 0 aromatic carbocycles. The van der Waals surface area contributed by atoms with E-state index in [0.717, 1.165) is 0 Å². The lowest BCUT2D eigenvalue weighted by molar-refractivity contribution is -0.139. The molecule has 4 heteroatoms. The summed E-state index contributed by atoms with van der Waals surface area (Å²) >= 11 is 0. The van der Waals surface area contributed by atoms with Crippen LogP contribution in [-0.4, -0.2) is 30.9 Å². The predicted octanol–water partition coefficient (Wildman–Crippen LogP) is 0.274. The molecular formula is C8H15NO3. The zero-order chi connectivity index (χ0) is 9.19. The van der Waals surface area contributed by atoms with Gasteiger partial charge in [-0.1, -0.05) is 0 Å². The number of carbonyl (C=O) groups excluding carboxylic acids is 1. The quantitative estimate of drug-likeness (QED) is 0.652. The Balaban J connectivity index is 2.24. The molecule has 1 fully saturated rings. The van der Waals surface area contributed by atoms with E-state index >= 15 is 0 Å². The summed E-state index contributed by atoms with van der Waals surface area (Å²) in [5.41, 5.74) is 0. The lowest BCUT2D eigenvalue weighted by Gasteiger charge is -2.16. The maximum absolute atomic E-state index is 10.6. The minimum absolute atomic E-state index is 0.0103. The topological polar surface area (TPSA) is 47.6 Å². The van der Waals surface area contributed by atoms with E-state index in [1.165, 1.54) is 6.92 Å². The van der Waals surface area contributed by atoms with Crippen LogP contribution in [0.4, 0.5) is 0 Å². The summed E-state index contributed by atoms with van der Waals surface area (Å²) in [4.78, 5) is 10.6. The van der Waals surface area contributed by atoms with Gasteiger partial charge in [-0.05, 0) is 13.8 Å². The first-order chi connectivity index (χ1) is 5.49. The fourth-order valence-corrected chi connectivity index (χ4v) is 1.12. The summed E-state index contributed by atoms with van der Waals surface area (Å²) in [6, 6.07) is 0. The molecular weight excluding hydrogens is 158 g/mol. The van der Waals surface area contributed by atoms with Gasteiger partial charge in [-0.15, -0.1) is 0 Å². The third-order valence-electron chi connectivity index (χ3n) is 1.65. The van der Waals surface area contributed by atoms with E-state index in [9.17, 15) is 4.79 Å². The Labute approximate surface area is 72.2 Å². The Kier molecular flexibility index (Phi) is 2.69. The van der Waals surface area contributed by atoms with Gasteiger partial charge in [-0.3, -0.25) is 4.79 Å². The highest BCUT2D eigenvalue weighted by molar-refractivity contribution is 5.72. The average Bonchev–Trinajstić information content (AvgIpc) is 2.26. The van der Waals surface area contributed by atoms with Crippen LogP contribution in [-0.2, 0) is 14.3 Å². The molecule has 1 N–H and O–H groups in total. The summed E-state index contributed by atoms with van der Waals surface area (Å²) in [7, 11) is 0. The summed E-state index contributed by atoms with van der Waals surface area (Å²) in [6.07, 6.45) is -0.0103. The number of hydrogen-bond acceptors (Lipinski definition) is 3. The molecule has 1 atom stereocenters. The molecule has 0 aromatic heterocycles. The van der Waals surface area contributed by atoms with Gasteiger partial charge in [0.25, 0.3) is 0 Å². The van der Waals surface area contributed by atoms with Crippen LogP contribution >= 0.6 is 0 Å². The maximum atomic E-state index is 10.6. The van der Waals surface area contributed by atoms with Crippen LogP contribution < -0.4 is 5.32 Å². The first-order valence-electron chi connectivity index (χ1n) is 4.06. The smallest absolute Gasteiger partial charge is 0.216 e. The molecule has 1 saturated heterocycles. The molecule has 4 nitrogen and oxygen atoms in total. The van der Waals surface area contributed by atoms with Crippen molar-refractivity contribution in [3.63, 3.8) is 0 Å². The van der Waals surface area contributed by atoms with Gasteiger partial charge < -0.3 is 14.8 Å². The molecule has 1 rings (SSSR count). The van der Waals surface area contributed by atoms with E-state index in [1.54, 1.807) is 0 Å². The highest BCUT2D eigenvalue weighted by atomic mass is 16.7. The summed E-state index contributed by atoms with van der Waals surface area (Å²) in [6.45, 7) is 6.29. The molecule has 0 radical (unpaired) electrons. The Morgan fingerprint density at radius 3 is 2.75 bits per heavy atom. The van der Waals surface area contributed by atoms with Crippen molar-refractivity contribution in [3.8, 4) is 0 Å². The number of amides is 1. The van der Waals surface area contributed by atoms with Crippen LogP contribution in [0, 0.1) is 0 Å². The molecule has 70 valence electrons. The van der Waals surface area contributed by atoms with Crippen molar-refractivity contribution in [1.29, 1.82) is 0 Å². The normalized spacial score (nSPS) is 27.1. The molecule has 0 aromatic rings. The van der Waals surface area contributed by atoms with Gasteiger partial charge in [0.05, 0.1) is 6.61 Å². The zero-order valence-electron chi connectivity index (χ0n) is 7.72. The van der Waals surface area contributed by atoms with Gasteiger partial charge in [0.2, 0.25) is 5.91 Å². The van der Waals surface area contributed by atoms with Crippen LogP contribution in [0.15, 0.2) is 0 Å². The first kappa shape index (κ1) is 9.48. The van der Waals surface area contributed by atoms with Crippen molar-refractivity contribution in [3.05, 3.63) is 0 Å². The van der Waals surface area contributed by atoms with E-state index in [-0.39, 0.29) is 12.0 Å². The lowest BCUT2D eigenvalue weighted by atomic mass is 10.3. The Morgan fingerprint density at radius 1 is 1.67 bits per heavy atom. The van der Waals surface area contributed by atoms with Gasteiger partial charge >= 0.3 is 0 Å². The number of ether oxygens (including phenoxy) is 2. The number of rotatable bonds is 2. The van der Waals surface area contributed by atoms with E-state index in [2.05, 4.69) is 5.32 Å². The minimum atomic E-state index is -0.497. The summed E-state index contributed by atoms with van der Waals surface area (Å²) in [5, 5.41) is 2.68. The van der Waals surface area contributed by atoms with Gasteiger partial charge in [-0.2, -0.15) is 0 Å². The molecule has 0 unspecified atom stereocenters. The average molecular weight is 173 g/mol. The van der Waals surface area contributed by atoms with E-state index < -0.39 is 5.79 Å². The molecule has 1 aliphatic rings. The fourth-order valence-electron chi connectivity index (χ4n) is 1.12. The minimum Gasteiger partial charge on any atom is -0.354 e. The van der Waals surface area contributed by atoms with Crippen molar-refractivity contribution in [2.45, 2.75) is 32.7 Å². The SMILES string of the molecule is CC(=O)NC[C@H]1COC(C)(C)O1. The van der Waals surface area contributed by atoms with Crippen molar-refractivity contribution >= 4 is 5.91 Å². The highest BCUT2D eigenvalue weighted by Crippen LogP contribution is 2.21. The molecule has 0 saturated carbocycles. The lowest BCUT2D eigenvalue weighted by Crippen LogP contribution is -2.32. The van der Waals surface area contributed by atoms with Crippen LogP contribution in [0.1, 0.15) is 20.8 Å². The third-order valence-corrected chi connectivity index (χ3v) is 1.65. The number of hydrogen-bond donors (Lipinski definition) is 1. The monoisotopic (exact) mass is 173 g/mol.